The van der Waals surface area contributed by atoms with Gasteiger partial charge in [-0.15, -0.1) is 0 Å². The van der Waals surface area contributed by atoms with Gasteiger partial charge in [-0.25, -0.2) is 8.42 Å². The summed E-state index contributed by atoms with van der Waals surface area (Å²) in [5.74, 6) is -0.0834. The number of anilines is 1. The molecule has 2 aromatic rings. The molecular formula is C19H23ClN2O4S. The smallest absolute Gasteiger partial charge is 0.242 e. The molecule has 0 aliphatic heterocycles. The van der Waals surface area contributed by atoms with Gasteiger partial charge in [0.1, 0.15) is 5.75 Å². The fourth-order valence-electron chi connectivity index (χ4n) is 2.78. The lowest BCUT2D eigenvalue weighted by Crippen LogP contribution is -2.41. The van der Waals surface area contributed by atoms with Crippen molar-refractivity contribution in [3.05, 3.63) is 52.0 Å². The number of rotatable bonds is 6. The van der Waals surface area contributed by atoms with Gasteiger partial charge in [-0.1, -0.05) is 29.3 Å². The summed E-state index contributed by atoms with van der Waals surface area (Å²) in [5.41, 5.74) is 3.60. The van der Waals surface area contributed by atoms with E-state index in [9.17, 15) is 13.2 Å². The number of carbonyl (C=O) groups excluding carboxylic acids is 1. The minimum Gasteiger partial charge on any atom is -0.495 e. The summed E-state index contributed by atoms with van der Waals surface area (Å²) in [6, 6.07) is 7.04. The molecule has 8 heteroatoms. The predicted molar refractivity (Wildman–Crippen MR) is 107 cm³/mol. The molecule has 2 aromatic carbocycles. The Labute approximate surface area is 164 Å². The van der Waals surface area contributed by atoms with Crippen molar-refractivity contribution in [2.45, 2.75) is 38.6 Å². The van der Waals surface area contributed by atoms with Crippen LogP contribution in [-0.4, -0.2) is 27.5 Å². The van der Waals surface area contributed by atoms with Gasteiger partial charge in [0.15, 0.2) is 0 Å². The van der Waals surface area contributed by atoms with Crippen molar-refractivity contribution in [3.63, 3.8) is 0 Å². The molecule has 2 N–H and O–H groups in total. The molecule has 1 amide bonds. The summed E-state index contributed by atoms with van der Waals surface area (Å²) in [7, 11) is -2.48. The second kappa shape index (κ2) is 8.29. The van der Waals surface area contributed by atoms with Crippen molar-refractivity contribution in [1.82, 2.24) is 4.72 Å². The van der Waals surface area contributed by atoms with Gasteiger partial charge >= 0.3 is 0 Å². The van der Waals surface area contributed by atoms with Crippen LogP contribution in [0.5, 0.6) is 5.75 Å². The van der Waals surface area contributed by atoms with E-state index in [2.05, 4.69) is 10.0 Å². The number of hydrogen-bond acceptors (Lipinski definition) is 4. The van der Waals surface area contributed by atoms with Gasteiger partial charge in [-0.3, -0.25) is 4.79 Å². The van der Waals surface area contributed by atoms with Crippen LogP contribution in [0.4, 0.5) is 5.69 Å². The van der Waals surface area contributed by atoms with E-state index >= 15 is 0 Å². The molecule has 0 saturated heterocycles. The van der Waals surface area contributed by atoms with Crippen LogP contribution in [0.25, 0.3) is 0 Å². The van der Waals surface area contributed by atoms with E-state index in [0.29, 0.717) is 11.4 Å². The maximum Gasteiger partial charge on any atom is 0.242 e. The second-order valence-electron chi connectivity index (χ2n) is 6.40. The number of carbonyl (C=O) groups is 1. The SMILES string of the molecule is COc1ccc(S(=O)(=O)N[C@H](C)C(=O)Nc2c(C)cc(C)cc2C)cc1Cl. The monoisotopic (exact) mass is 410 g/mol. The standard InChI is InChI=1S/C19H23ClN2O4S/c1-11-8-12(2)18(13(3)9-11)21-19(23)14(4)22-27(24,25)15-6-7-17(26-5)16(20)10-15/h6-10,14,22H,1-5H3,(H,21,23)/t14-/m1/s1. The van der Waals surface area contributed by atoms with Gasteiger partial charge in [0.25, 0.3) is 0 Å². The molecule has 0 bridgehead atoms. The number of benzene rings is 2. The first kappa shape index (κ1) is 21.2. The molecule has 0 aliphatic rings. The van der Waals surface area contributed by atoms with Crippen molar-refractivity contribution in [2.75, 3.05) is 12.4 Å². The Morgan fingerprint density at radius 3 is 2.22 bits per heavy atom. The number of sulfonamides is 1. The zero-order chi connectivity index (χ0) is 20.4. The highest BCUT2D eigenvalue weighted by atomic mass is 35.5. The van der Waals surface area contributed by atoms with Gasteiger partial charge < -0.3 is 10.1 Å². The van der Waals surface area contributed by atoms with Crippen LogP contribution in [0.1, 0.15) is 23.6 Å². The largest absolute Gasteiger partial charge is 0.495 e. The van der Waals surface area contributed by atoms with Crippen LogP contribution in [0, 0.1) is 20.8 Å². The molecule has 6 nitrogen and oxygen atoms in total. The van der Waals surface area contributed by atoms with Gasteiger partial charge in [0.2, 0.25) is 15.9 Å². The molecular weight excluding hydrogens is 388 g/mol. The Kier molecular flexibility index (Phi) is 6.51. The highest BCUT2D eigenvalue weighted by Crippen LogP contribution is 2.27. The van der Waals surface area contributed by atoms with Crippen molar-refractivity contribution in [2.24, 2.45) is 0 Å². The zero-order valence-electron chi connectivity index (χ0n) is 15.9. The summed E-state index contributed by atoms with van der Waals surface area (Å²) in [4.78, 5) is 12.4. The molecule has 2 rings (SSSR count). The highest BCUT2D eigenvalue weighted by Gasteiger charge is 2.23. The fraction of sp³-hybridized carbons (Fsp3) is 0.316. The molecule has 0 fully saturated rings. The van der Waals surface area contributed by atoms with Crippen LogP contribution in [0.3, 0.4) is 0 Å². The van der Waals surface area contributed by atoms with Crippen LogP contribution < -0.4 is 14.8 Å². The molecule has 0 radical (unpaired) electrons. The van der Waals surface area contributed by atoms with Crippen LogP contribution in [0.2, 0.25) is 5.02 Å². The molecule has 0 saturated carbocycles. The zero-order valence-corrected chi connectivity index (χ0v) is 17.5. The van der Waals surface area contributed by atoms with E-state index in [1.165, 1.54) is 32.2 Å². The molecule has 0 spiro atoms. The van der Waals surface area contributed by atoms with Crippen molar-refractivity contribution in [1.29, 1.82) is 0 Å². The first-order chi connectivity index (χ1) is 12.5. The third-order valence-electron chi connectivity index (χ3n) is 4.08. The number of amides is 1. The number of ether oxygens (including phenoxy) is 1. The molecule has 0 aromatic heterocycles. The quantitative estimate of drug-likeness (QED) is 0.762. The van der Waals surface area contributed by atoms with Gasteiger partial charge in [0.05, 0.1) is 23.1 Å². The average molecular weight is 411 g/mol. The highest BCUT2D eigenvalue weighted by molar-refractivity contribution is 7.89. The van der Waals surface area contributed by atoms with Crippen molar-refractivity contribution < 1.29 is 17.9 Å². The second-order valence-corrected chi connectivity index (χ2v) is 8.52. The fourth-order valence-corrected chi connectivity index (χ4v) is 4.33. The number of methoxy groups -OCH3 is 1. The number of halogens is 1. The summed E-state index contributed by atoms with van der Waals surface area (Å²) >= 11 is 5.99. The van der Waals surface area contributed by atoms with Crippen LogP contribution >= 0.6 is 11.6 Å². The lowest BCUT2D eigenvalue weighted by atomic mass is 10.0. The Bertz CT molecular complexity index is 951. The third kappa shape index (κ3) is 5.00. The van der Waals surface area contributed by atoms with E-state index in [0.717, 1.165) is 16.7 Å². The van der Waals surface area contributed by atoms with Crippen LogP contribution in [-0.2, 0) is 14.8 Å². The molecule has 0 unspecified atom stereocenters. The normalized spacial score (nSPS) is 12.5. The van der Waals surface area contributed by atoms with E-state index in [4.69, 9.17) is 16.3 Å². The summed E-state index contributed by atoms with van der Waals surface area (Å²) in [6.45, 7) is 7.24. The van der Waals surface area contributed by atoms with Gasteiger partial charge in [-0.05, 0) is 57.0 Å². The van der Waals surface area contributed by atoms with Gasteiger partial charge in [-0.2, -0.15) is 4.72 Å². The molecule has 0 heterocycles. The molecule has 0 aliphatic carbocycles. The number of aryl methyl sites for hydroxylation is 3. The third-order valence-corrected chi connectivity index (χ3v) is 5.92. The Hall–Kier alpha value is -2.09. The summed E-state index contributed by atoms with van der Waals surface area (Å²) in [6.07, 6.45) is 0. The molecule has 146 valence electrons. The van der Waals surface area contributed by atoms with Crippen LogP contribution in [0.15, 0.2) is 35.2 Å². The number of nitrogens with one attached hydrogen (secondary N) is 2. The average Bonchev–Trinajstić information content (AvgIpc) is 2.57. The first-order valence-electron chi connectivity index (χ1n) is 8.29. The summed E-state index contributed by atoms with van der Waals surface area (Å²) in [5, 5.41) is 2.97. The maximum absolute atomic E-state index is 12.5. The lowest BCUT2D eigenvalue weighted by Gasteiger charge is -2.17. The molecule has 1 atom stereocenters. The van der Waals surface area contributed by atoms with E-state index in [1.54, 1.807) is 0 Å². The maximum atomic E-state index is 12.5. The molecule has 27 heavy (non-hydrogen) atoms. The first-order valence-corrected chi connectivity index (χ1v) is 10.2. The summed E-state index contributed by atoms with van der Waals surface area (Å²) < 4.78 is 32.5. The topological polar surface area (TPSA) is 84.5 Å². The van der Waals surface area contributed by atoms with E-state index in [-0.39, 0.29) is 9.92 Å². The number of hydrogen-bond donors (Lipinski definition) is 2. The Balaban J connectivity index is 2.17. The van der Waals surface area contributed by atoms with Crippen molar-refractivity contribution >= 4 is 33.2 Å². The Morgan fingerprint density at radius 1 is 1.11 bits per heavy atom. The predicted octanol–water partition coefficient (Wildman–Crippen LogP) is 3.58. The lowest BCUT2D eigenvalue weighted by molar-refractivity contribution is -0.117. The minimum atomic E-state index is -3.92. The Morgan fingerprint density at radius 2 is 1.70 bits per heavy atom. The van der Waals surface area contributed by atoms with Gasteiger partial charge in [0, 0.05) is 5.69 Å². The minimum absolute atomic E-state index is 0.0457. The van der Waals surface area contributed by atoms with E-state index in [1.807, 2.05) is 32.9 Å². The van der Waals surface area contributed by atoms with Crippen molar-refractivity contribution in [3.8, 4) is 5.75 Å². The van der Waals surface area contributed by atoms with E-state index < -0.39 is 22.0 Å².